The van der Waals surface area contributed by atoms with Crippen molar-refractivity contribution in [3.63, 3.8) is 0 Å². The molecule has 1 saturated carbocycles. The number of Topliss-reactive ketones (excluding diaryl/α,β-unsaturated/α-hetero) is 1. The van der Waals surface area contributed by atoms with Crippen molar-refractivity contribution in [3.05, 3.63) is 11.7 Å². The molecule has 1 aliphatic carbocycles. The van der Waals surface area contributed by atoms with Crippen molar-refractivity contribution in [2.24, 2.45) is 0 Å². The third-order valence-corrected chi connectivity index (χ3v) is 3.50. The van der Waals surface area contributed by atoms with E-state index in [4.69, 9.17) is 4.52 Å². The fourth-order valence-electron chi connectivity index (χ4n) is 2.39. The monoisotopic (exact) mass is 251 g/mol. The molecule has 1 aromatic rings. The van der Waals surface area contributed by atoms with Crippen LogP contribution in [0.1, 0.15) is 50.7 Å². The molecule has 100 valence electrons. The minimum absolute atomic E-state index is 0.391. The summed E-state index contributed by atoms with van der Waals surface area (Å²) in [6, 6.07) is 0.462. The van der Waals surface area contributed by atoms with Crippen LogP contribution in [0.25, 0.3) is 0 Å². The lowest BCUT2D eigenvalue weighted by Crippen LogP contribution is -2.34. The first-order valence-electron chi connectivity index (χ1n) is 6.72. The van der Waals surface area contributed by atoms with Crippen LogP contribution in [0.2, 0.25) is 0 Å². The van der Waals surface area contributed by atoms with E-state index >= 15 is 0 Å². The van der Waals surface area contributed by atoms with Crippen molar-refractivity contribution in [1.29, 1.82) is 0 Å². The Kier molecular flexibility index (Phi) is 4.47. The van der Waals surface area contributed by atoms with Gasteiger partial charge in [0.15, 0.2) is 5.82 Å². The molecule has 1 aliphatic rings. The molecule has 1 fully saturated rings. The van der Waals surface area contributed by atoms with Crippen molar-refractivity contribution in [2.45, 2.75) is 58.0 Å². The van der Waals surface area contributed by atoms with Gasteiger partial charge in [-0.15, -0.1) is 0 Å². The van der Waals surface area contributed by atoms with Gasteiger partial charge < -0.3 is 4.52 Å². The number of ketones is 1. The maximum Gasteiger partial charge on any atom is 0.240 e. The van der Waals surface area contributed by atoms with Crippen LogP contribution in [0.4, 0.5) is 0 Å². The normalized spacial score (nSPS) is 17.6. The van der Waals surface area contributed by atoms with Gasteiger partial charge in [0.05, 0.1) is 6.54 Å². The highest BCUT2D eigenvalue weighted by molar-refractivity contribution is 5.79. The highest BCUT2D eigenvalue weighted by Crippen LogP contribution is 2.20. The zero-order valence-electron chi connectivity index (χ0n) is 11.2. The van der Waals surface area contributed by atoms with Crippen LogP contribution in [0.5, 0.6) is 0 Å². The van der Waals surface area contributed by atoms with Crippen LogP contribution in [-0.2, 0) is 17.8 Å². The van der Waals surface area contributed by atoms with Crippen molar-refractivity contribution < 1.29 is 9.32 Å². The van der Waals surface area contributed by atoms with E-state index in [0.29, 0.717) is 37.1 Å². The number of nitrogens with zero attached hydrogens (tertiary/aromatic N) is 3. The first kappa shape index (κ1) is 13.2. The number of aryl methyl sites for hydroxylation is 1. The SMILES string of the molecule is CCCc1noc(CN(C)C2CCC(=O)CC2)n1. The van der Waals surface area contributed by atoms with Crippen molar-refractivity contribution in [3.8, 4) is 0 Å². The van der Waals surface area contributed by atoms with Gasteiger partial charge in [-0.05, 0) is 26.3 Å². The molecule has 1 aromatic heterocycles. The Bertz CT molecular complexity index is 393. The van der Waals surface area contributed by atoms with E-state index in [-0.39, 0.29) is 0 Å². The molecule has 0 amide bonds. The standard InChI is InChI=1S/C13H21N3O2/c1-3-4-12-14-13(18-15-12)9-16(2)10-5-7-11(17)8-6-10/h10H,3-9H2,1-2H3. The summed E-state index contributed by atoms with van der Waals surface area (Å²) < 4.78 is 5.23. The average Bonchev–Trinajstić information content (AvgIpc) is 2.78. The lowest BCUT2D eigenvalue weighted by molar-refractivity contribution is -0.121. The molecule has 0 unspecified atom stereocenters. The van der Waals surface area contributed by atoms with E-state index in [9.17, 15) is 4.79 Å². The number of carbonyl (C=O) groups excluding carboxylic acids is 1. The smallest absolute Gasteiger partial charge is 0.240 e. The van der Waals surface area contributed by atoms with Gasteiger partial charge in [-0.3, -0.25) is 9.69 Å². The second-order valence-corrected chi connectivity index (χ2v) is 5.04. The molecule has 0 bridgehead atoms. The summed E-state index contributed by atoms with van der Waals surface area (Å²) in [7, 11) is 2.06. The minimum Gasteiger partial charge on any atom is -0.338 e. The van der Waals surface area contributed by atoms with Crippen LogP contribution >= 0.6 is 0 Å². The molecule has 0 spiro atoms. The molecule has 0 N–H and O–H groups in total. The Morgan fingerprint density at radius 2 is 2.11 bits per heavy atom. The fourth-order valence-corrected chi connectivity index (χ4v) is 2.39. The van der Waals surface area contributed by atoms with Crippen LogP contribution < -0.4 is 0 Å². The Balaban J connectivity index is 1.85. The maximum absolute atomic E-state index is 11.2. The van der Waals surface area contributed by atoms with E-state index < -0.39 is 0 Å². The van der Waals surface area contributed by atoms with Crippen molar-refractivity contribution in [2.75, 3.05) is 7.05 Å². The number of hydrogen-bond acceptors (Lipinski definition) is 5. The summed E-state index contributed by atoms with van der Waals surface area (Å²) >= 11 is 0. The van der Waals surface area contributed by atoms with E-state index in [0.717, 1.165) is 31.5 Å². The van der Waals surface area contributed by atoms with Crippen LogP contribution in [0.15, 0.2) is 4.52 Å². The van der Waals surface area contributed by atoms with E-state index in [1.54, 1.807) is 0 Å². The Hall–Kier alpha value is -1.23. The van der Waals surface area contributed by atoms with E-state index in [1.807, 2.05) is 0 Å². The predicted molar refractivity (Wildman–Crippen MR) is 67.0 cm³/mol. The Labute approximate surface area is 108 Å². The van der Waals surface area contributed by atoms with Crippen LogP contribution in [-0.4, -0.2) is 33.9 Å². The number of hydrogen-bond donors (Lipinski definition) is 0. The van der Waals surface area contributed by atoms with Gasteiger partial charge in [0.25, 0.3) is 0 Å². The first-order valence-corrected chi connectivity index (χ1v) is 6.72. The third kappa shape index (κ3) is 3.38. The zero-order chi connectivity index (χ0) is 13.0. The van der Waals surface area contributed by atoms with E-state index in [1.165, 1.54) is 0 Å². The van der Waals surface area contributed by atoms with Gasteiger partial charge in [0.1, 0.15) is 5.78 Å². The average molecular weight is 251 g/mol. The molecular formula is C13H21N3O2. The second-order valence-electron chi connectivity index (χ2n) is 5.04. The predicted octanol–water partition coefficient (Wildman–Crippen LogP) is 1.97. The Morgan fingerprint density at radius 3 is 2.78 bits per heavy atom. The van der Waals surface area contributed by atoms with Gasteiger partial charge in [-0.1, -0.05) is 12.1 Å². The van der Waals surface area contributed by atoms with Gasteiger partial charge in [-0.25, -0.2) is 0 Å². The van der Waals surface area contributed by atoms with Crippen LogP contribution in [0.3, 0.4) is 0 Å². The van der Waals surface area contributed by atoms with Crippen molar-refractivity contribution >= 4 is 5.78 Å². The molecule has 18 heavy (non-hydrogen) atoms. The topological polar surface area (TPSA) is 59.2 Å². The molecule has 0 aliphatic heterocycles. The van der Waals surface area contributed by atoms with Gasteiger partial charge in [0.2, 0.25) is 5.89 Å². The zero-order valence-corrected chi connectivity index (χ0v) is 11.2. The Morgan fingerprint density at radius 1 is 1.39 bits per heavy atom. The molecule has 2 rings (SSSR count). The number of aromatic nitrogens is 2. The molecule has 0 aromatic carbocycles. The summed E-state index contributed by atoms with van der Waals surface area (Å²) in [5.74, 6) is 1.86. The molecular weight excluding hydrogens is 230 g/mol. The maximum atomic E-state index is 11.2. The second kappa shape index (κ2) is 6.09. The van der Waals surface area contributed by atoms with Gasteiger partial charge in [-0.2, -0.15) is 4.98 Å². The summed E-state index contributed by atoms with van der Waals surface area (Å²) in [5, 5.41) is 3.95. The summed E-state index contributed by atoms with van der Waals surface area (Å²) in [4.78, 5) is 17.8. The quantitative estimate of drug-likeness (QED) is 0.800. The third-order valence-electron chi connectivity index (χ3n) is 3.50. The lowest BCUT2D eigenvalue weighted by atomic mass is 9.93. The van der Waals surface area contributed by atoms with Crippen molar-refractivity contribution in [1.82, 2.24) is 15.0 Å². The molecule has 0 radical (unpaired) electrons. The highest BCUT2D eigenvalue weighted by atomic mass is 16.5. The molecule has 0 atom stereocenters. The van der Waals surface area contributed by atoms with Gasteiger partial charge in [0, 0.05) is 25.3 Å². The number of rotatable bonds is 5. The first-order chi connectivity index (χ1) is 8.69. The molecule has 5 heteroatoms. The molecule has 0 saturated heterocycles. The lowest BCUT2D eigenvalue weighted by Gasteiger charge is -2.29. The minimum atomic E-state index is 0.391. The fraction of sp³-hybridized carbons (Fsp3) is 0.769. The molecule has 1 heterocycles. The number of carbonyl (C=O) groups is 1. The summed E-state index contributed by atoms with van der Waals surface area (Å²) in [6.45, 7) is 2.77. The summed E-state index contributed by atoms with van der Waals surface area (Å²) in [5.41, 5.74) is 0. The summed E-state index contributed by atoms with van der Waals surface area (Å²) in [6.07, 6.45) is 5.21. The highest BCUT2D eigenvalue weighted by Gasteiger charge is 2.23. The molecule has 5 nitrogen and oxygen atoms in total. The van der Waals surface area contributed by atoms with Crippen LogP contribution in [0, 0.1) is 0 Å². The van der Waals surface area contributed by atoms with E-state index in [2.05, 4.69) is 29.0 Å². The largest absolute Gasteiger partial charge is 0.338 e. The van der Waals surface area contributed by atoms with Gasteiger partial charge >= 0.3 is 0 Å².